The van der Waals surface area contributed by atoms with Crippen LogP contribution in [0.15, 0.2) is 78.9 Å². The van der Waals surface area contributed by atoms with Crippen LogP contribution in [0.5, 0.6) is 11.5 Å². The summed E-state index contributed by atoms with van der Waals surface area (Å²) in [5.41, 5.74) is 6.02. The molecule has 5 rings (SSSR count). The van der Waals surface area contributed by atoms with Crippen LogP contribution in [0, 0.1) is 5.82 Å². The normalized spacial score (nSPS) is 14.6. The van der Waals surface area contributed by atoms with Crippen molar-refractivity contribution in [2.24, 2.45) is 5.73 Å². The maximum absolute atomic E-state index is 13.4. The molecule has 0 aromatic heterocycles. The molecule has 1 atom stereocenters. The molecule has 0 spiro atoms. The van der Waals surface area contributed by atoms with E-state index in [1.165, 1.54) is 36.4 Å². The van der Waals surface area contributed by atoms with Crippen molar-refractivity contribution in [3.8, 4) is 11.5 Å². The number of primary amides is 1. The number of hydrogen-bond acceptors (Lipinski definition) is 5. The minimum absolute atomic E-state index is 0.0145. The van der Waals surface area contributed by atoms with Crippen molar-refractivity contribution in [3.63, 3.8) is 0 Å². The number of amides is 4. The summed E-state index contributed by atoms with van der Waals surface area (Å²) in [5, 5.41) is 9.85. The molecule has 4 amide bonds. The first-order valence-electron chi connectivity index (χ1n) is 12.9. The fourth-order valence-electron chi connectivity index (χ4n) is 4.44. The third-order valence-electron chi connectivity index (χ3n) is 6.53. The van der Waals surface area contributed by atoms with Gasteiger partial charge in [0.2, 0.25) is 17.7 Å². The van der Waals surface area contributed by atoms with Crippen LogP contribution in [0.3, 0.4) is 0 Å². The van der Waals surface area contributed by atoms with Crippen LogP contribution in [0.25, 0.3) is 16.8 Å². The van der Waals surface area contributed by atoms with Crippen LogP contribution in [0.1, 0.15) is 28.8 Å². The van der Waals surface area contributed by atoms with Crippen LogP contribution in [-0.4, -0.2) is 29.7 Å². The van der Waals surface area contributed by atoms with Gasteiger partial charge in [0.25, 0.3) is 5.91 Å². The van der Waals surface area contributed by atoms with E-state index >= 15 is 0 Å². The molecule has 1 aliphatic heterocycles. The van der Waals surface area contributed by atoms with Crippen molar-refractivity contribution in [1.82, 2.24) is 5.32 Å². The van der Waals surface area contributed by atoms with E-state index in [1.807, 2.05) is 36.4 Å². The quantitative estimate of drug-likeness (QED) is 0.205. The summed E-state index contributed by atoms with van der Waals surface area (Å²) in [6.07, 6.45) is 2.54. The zero-order valence-electron chi connectivity index (χ0n) is 21.9. The number of rotatable bonds is 8. The van der Waals surface area contributed by atoms with Crippen molar-refractivity contribution >= 4 is 63.5 Å². The Morgan fingerprint density at radius 2 is 1.81 bits per heavy atom. The minimum atomic E-state index is -0.999. The van der Waals surface area contributed by atoms with E-state index < -0.39 is 35.5 Å². The van der Waals surface area contributed by atoms with Crippen LogP contribution in [-0.2, 0) is 14.4 Å². The second-order valence-corrected chi connectivity index (χ2v) is 9.89. The van der Waals surface area contributed by atoms with Crippen LogP contribution in [0.2, 0.25) is 5.02 Å². The molecule has 0 radical (unpaired) electrons. The molecule has 212 valence electrons. The number of nitrogens with two attached hydrogens (primary N) is 1. The minimum Gasteiger partial charge on any atom is -0.455 e. The van der Waals surface area contributed by atoms with Gasteiger partial charge in [0, 0.05) is 17.9 Å². The first-order valence-corrected chi connectivity index (χ1v) is 13.2. The Bertz CT molecular complexity index is 1770. The fourth-order valence-corrected chi connectivity index (χ4v) is 4.67. The Balaban J connectivity index is 1.51. The highest BCUT2D eigenvalue weighted by atomic mass is 35.5. The molecule has 0 saturated carbocycles. The van der Waals surface area contributed by atoms with Gasteiger partial charge in [0.15, 0.2) is 5.75 Å². The number of benzene rings is 4. The van der Waals surface area contributed by atoms with E-state index in [-0.39, 0.29) is 40.6 Å². The average Bonchev–Trinajstić information content (AvgIpc) is 3.06. The summed E-state index contributed by atoms with van der Waals surface area (Å²) in [6.45, 7) is 0. The smallest absolute Gasteiger partial charge is 0.254 e. The fraction of sp³-hybridized carbons (Fsp3) is 0.0968. The van der Waals surface area contributed by atoms with Crippen molar-refractivity contribution < 1.29 is 28.3 Å². The van der Waals surface area contributed by atoms with Crippen molar-refractivity contribution in [3.05, 3.63) is 101 Å². The molecule has 4 aromatic rings. The lowest BCUT2D eigenvalue weighted by Gasteiger charge is -2.16. The largest absolute Gasteiger partial charge is 0.455 e. The predicted octanol–water partition coefficient (Wildman–Crippen LogP) is 5.39. The number of fused-ring (bicyclic) bond motifs is 2. The van der Waals surface area contributed by atoms with Gasteiger partial charge in [-0.15, -0.1) is 0 Å². The molecule has 0 aliphatic carbocycles. The Labute approximate surface area is 244 Å². The molecule has 0 saturated heterocycles. The van der Waals surface area contributed by atoms with Gasteiger partial charge in [0.05, 0.1) is 22.0 Å². The van der Waals surface area contributed by atoms with E-state index in [0.29, 0.717) is 11.3 Å². The zero-order valence-corrected chi connectivity index (χ0v) is 22.7. The first kappa shape index (κ1) is 28.3. The highest BCUT2D eigenvalue weighted by Crippen LogP contribution is 2.38. The van der Waals surface area contributed by atoms with Gasteiger partial charge < -0.3 is 26.4 Å². The highest BCUT2D eigenvalue weighted by Gasteiger charge is 2.29. The van der Waals surface area contributed by atoms with Crippen molar-refractivity contribution in [2.75, 3.05) is 10.6 Å². The molecular weight excluding hydrogens is 563 g/mol. The lowest BCUT2D eigenvalue weighted by Crippen LogP contribution is -2.41. The first-order chi connectivity index (χ1) is 20.2. The van der Waals surface area contributed by atoms with E-state index in [4.69, 9.17) is 22.1 Å². The number of carbonyl (C=O) groups excluding carboxylic acids is 4. The molecule has 1 aliphatic rings. The standard InChI is InChI=1S/C31H24ClFN4O5/c32-22-14-19(33)10-8-18(22)9-13-29(39)35-25-16-24-21(30(40)36-23(31(41)37-24)11-12-28(34)38)15-27(25)42-26-7-3-5-17-4-1-2-6-20(17)26/h1-10,13-16,23H,11-12H2,(H2,34,38)(H,35,39)(H,36,40)(H,37,41)/b13-9-/t23-/m1/s1. The van der Waals surface area contributed by atoms with Gasteiger partial charge in [-0.1, -0.05) is 54.1 Å². The predicted molar refractivity (Wildman–Crippen MR) is 158 cm³/mol. The summed E-state index contributed by atoms with van der Waals surface area (Å²) >= 11 is 6.06. The Morgan fingerprint density at radius 1 is 1.02 bits per heavy atom. The number of halogens is 2. The second-order valence-electron chi connectivity index (χ2n) is 9.48. The summed E-state index contributed by atoms with van der Waals surface area (Å²) in [6, 6.07) is 18.6. The Morgan fingerprint density at radius 3 is 2.60 bits per heavy atom. The van der Waals surface area contributed by atoms with Crippen molar-refractivity contribution in [1.29, 1.82) is 0 Å². The zero-order chi connectivity index (χ0) is 29.8. The molecule has 42 heavy (non-hydrogen) atoms. The number of carbonyl (C=O) groups is 4. The summed E-state index contributed by atoms with van der Waals surface area (Å²) in [4.78, 5) is 50.2. The Kier molecular flexibility index (Phi) is 8.16. The van der Waals surface area contributed by atoms with Crippen molar-refractivity contribution in [2.45, 2.75) is 18.9 Å². The maximum Gasteiger partial charge on any atom is 0.254 e. The van der Waals surface area contributed by atoms with Crippen LogP contribution < -0.4 is 26.4 Å². The SMILES string of the molecule is NC(=O)CC[C@H]1NC(=O)c2cc(Oc3cccc4ccccc34)c(NC(=O)/C=C\c3ccc(F)cc3Cl)cc2NC1=O. The molecule has 0 fully saturated rings. The van der Waals surface area contributed by atoms with Gasteiger partial charge in [-0.2, -0.15) is 0 Å². The third kappa shape index (κ3) is 6.39. The number of anilines is 2. The molecule has 5 N–H and O–H groups in total. The Hall–Kier alpha value is -5.22. The molecule has 9 nitrogen and oxygen atoms in total. The van der Waals surface area contributed by atoms with E-state index in [1.54, 1.807) is 6.07 Å². The van der Waals surface area contributed by atoms with Gasteiger partial charge >= 0.3 is 0 Å². The molecule has 1 heterocycles. The molecule has 11 heteroatoms. The van der Waals surface area contributed by atoms with Crippen LogP contribution >= 0.6 is 11.6 Å². The van der Waals surface area contributed by atoms with Crippen LogP contribution in [0.4, 0.5) is 15.8 Å². The molecular formula is C31H24ClFN4O5. The van der Waals surface area contributed by atoms with E-state index in [9.17, 15) is 23.6 Å². The monoisotopic (exact) mass is 586 g/mol. The van der Waals surface area contributed by atoms with Gasteiger partial charge in [0.1, 0.15) is 17.6 Å². The van der Waals surface area contributed by atoms with Gasteiger partial charge in [-0.3, -0.25) is 19.2 Å². The summed E-state index contributed by atoms with van der Waals surface area (Å²) in [5.74, 6) is -2.23. The van der Waals surface area contributed by atoms with Gasteiger partial charge in [-0.05, 0) is 53.8 Å². The maximum atomic E-state index is 13.4. The lowest BCUT2D eigenvalue weighted by molar-refractivity contribution is -0.119. The number of hydrogen-bond donors (Lipinski definition) is 4. The van der Waals surface area contributed by atoms with E-state index in [0.717, 1.165) is 16.8 Å². The van der Waals surface area contributed by atoms with Gasteiger partial charge in [-0.25, -0.2) is 4.39 Å². The second kappa shape index (κ2) is 12.1. The van der Waals surface area contributed by atoms with E-state index in [2.05, 4.69) is 16.0 Å². The number of ether oxygens (including phenoxy) is 1. The average molecular weight is 587 g/mol. The number of nitrogens with one attached hydrogen (secondary N) is 3. The molecule has 4 aromatic carbocycles. The molecule has 0 unspecified atom stereocenters. The summed E-state index contributed by atoms with van der Waals surface area (Å²) < 4.78 is 19.6. The lowest BCUT2D eigenvalue weighted by atomic mass is 10.1. The topological polar surface area (TPSA) is 140 Å². The third-order valence-corrected chi connectivity index (χ3v) is 6.85. The highest BCUT2D eigenvalue weighted by molar-refractivity contribution is 6.32. The summed E-state index contributed by atoms with van der Waals surface area (Å²) in [7, 11) is 0. The molecule has 0 bridgehead atoms.